The van der Waals surface area contributed by atoms with E-state index in [0.29, 0.717) is 11.8 Å². The lowest BCUT2D eigenvalue weighted by Crippen LogP contribution is -2.32. The van der Waals surface area contributed by atoms with Gasteiger partial charge in [0.2, 0.25) is 0 Å². The van der Waals surface area contributed by atoms with Gasteiger partial charge in [0.05, 0.1) is 6.54 Å². The molecule has 4 nitrogen and oxygen atoms in total. The highest BCUT2D eigenvalue weighted by Crippen LogP contribution is 2.30. The standard InChI is InChI=1S/C15H27ClN4/c1-12(2)10-20-15(18-11-19-20)9-17-8-14-6-4-3-5-13(14)7-16/h11-14,17H,3-10H2,1-2H3. The van der Waals surface area contributed by atoms with Crippen molar-refractivity contribution in [3.8, 4) is 0 Å². The Hall–Kier alpha value is -0.610. The van der Waals surface area contributed by atoms with E-state index >= 15 is 0 Å². The van der Waals surface area contributed by atoms with Gasteiger partial charge in [-0.05, 0) is 37.1 Å². The molecule has 1 aromatic heterocycles. The van der Waals surface area contributed by atoms with E-state index in [9.17, 15) is 0 Å². The zero-order valence-electron chi connectivity index (χ0n) is 12.7. The summed E-state index contributed by atoms with van der Waals surface area (Å²) in [6.07, 6.45) is 6.95. The minimum absolute atomic E-state index is 0.592. The topological polar surface area (TPSA) is 42.7 Å². The van der Waals surface area contributed by atoms with Gasteiger partial charge in [-0.15, -0.1) is 11.6 Å². The minimum atomic E-state index is 0.592. The highest BCUT2D eigenvalue weighted by Gasteiger charge is 2.23. The summed E-state index contributed by atoms with van der Waals surface area (Å²) in [4.78, 5) is 4.35. The van der Waals surface area contributed by atoms with Gasteiger partial charge in [0, 0.05) is 12.4 Å². The van der Waals surface area contributed by atoms with Crippen LogP contribution in [-0.2, 0) is 13.1 Å². The zero-order valence-corrected chi connectivity index (χ0v) is 13.4. The van der Waals surface area contributed by atoms with Crippen molar-refractivity contribution in [2.75, 3.05) is 12.4 Å². The van der Waals surface area contributed by atoms with Crippen LogP contribution < -0.4 is 5.32 Å². The second-order valence-corrected chi connectivity index (χ2v) is 6.65. The van der Waals surface area contributed by atoms with E-state index in [2.05, 4.69) is 29.2 Å². The number of halogens is 1. The first-order chi connectivity index (χ1) is 9.70. The van der Waals surface area contributed by atoms with Crippen molar-refractivity contribution in [1.29, 1.82) is 0 Å². The Morgan fingerprint density at radius 3 is 2.80 bits per heavy atom. The molecule has 0 amide bonds. The van der Waals surface area contributed by atoms with E-state index in [4.69, 9.17) is 11.6 Å². The quantitative estimate of drug-likeness (QED) is 0.787. The molecule has 2 unspecified atom stereocenters. The molecule has 0 saturated heterocycles. The number of hydrogen-bond donors (Lipinski definition) is 1. The minimum Gasteiger partial charge on any atom is -0.310 e. The van der Waals surface area contributed by atoms with Crippen molar-refractivity contribution in [2.24, 2.45) is 17.8 Å². The first-order valence-corrected chi connectivity index (χ1v) is 8.37. The Kier molecular flexibility index (Phi) is 6.30. The normalized spacial score (nSPS) is 23.4. The molecule has 0 radical (unpaired) electrons. The van der Waals surface area contributed by atoms with Crippen molar-refractivity contribution in [2.45, 2.75) is 52.6 Å². The summed E-state index contributed by atoms with van der Waals surface area (Å²) in [5.74, 6) is 3.84. The number of rotatable bonds is 7. The van der Waals surface area contributed by atoms with Crippen LogP contribution >= 0.6 is 11.6 Å². The van der Waals surface area contributed by atoms with Crippen LogP contribution in [0, 0.1) is 17.8 Å². The molecule has 0 spiro atoms. The van der Waals surface area contributed by atoms with Gasteiger partial charge in [0.1, 0.15) is 12.2 Å². The van der Waals surface area contributed by atoms with Crippen molar-refractivity contribution in [1.82, 2.24) is 20.1 Å². The Morgan fingerprint density at radius 1 is 1.35 bits per heavy atom. The number of aromatic nitrogens is 3. The van der Waals surface area contributed by atoms with Crippen molar-refractivity contribution < 1.29 is 0 Å². The van der Waals surface area contributed by atoms with Crippen molar-refractivity contribution in [3.05, 3.63) is 12.2 Å². The van der Waals surface area contributed by atoms with Gasteiger partial charge in [-0.1, -0.05) is 26.7 Å². The van der Waals surface area contributed by atoms with E-state index in [1.807, 2.05) is 4.68 Å². The van der Waals surface area contributed by atoms with Gasteiger partial charge in [0.25, 0.3) is 0 Å². The largest absolute Gasteiger partial charge is 0.310 e. The second-order valence-electron chi connectivity index (χ2n) is 6.34. The summed E-state index contributed by atoms with van der Waals surface area (Å²) >= 11 is 6.08. The van der Waals surface area contributed by atoms with Crippen LogP contribution in [0.5, 0.6) is 0 Å². The SMILES string of the molecule is CC(C)Cn1ncnc1CNCC1CCCCC1CCl. The summed E-state index contributed by atoms with van der Waals surface area (Å²) in [5.41, 5.74) is 0. The average Bonchev–Trinajstić information content (AvgIpc) is 2.86. The fourth-order valence-corrected chi connectivity index (χ4v) is 3.46. The molecule has 1 aliphatic carbocycles. The molecule has 1 heterocycles. The third-order valence-corrected chi connectivity index (χ3v) is 4.58. The maximum absolute atomic E-state index is 6.08. The lowest BCUT2D eigenvalue weighted by Gasteiger charge is -2.30. The maximum atomic E-state index is 6.08. The molecule has 0 bridgehead atoms. The van der Waals surface area contributed by atoms with Crippen LogP contribution in [0.25, 0.3) is 0 Å². The summed E-state index contributed by atoms with van der Waals surface area (Å²) in [6, 6.07) is 0. The van der Waals surface area contributed by atoms with Crippen LogP contribution in [0.15, 0.2) is 6.33 Å². The lowest BCUT2D eigenvalue weighted by atomic mass is 9.80. The number of nitrogens with zero attached hydrogens (tertiary/aromatic N) is 3. The molecule has 1 aromatic rings. The first-order valence-electron chi connectivity index (χ1n) is 7.84. The average molecular weight is 299 g/mol. The number of alkyl halides is 1. The fourth-order valence-electron chi connectivity index (χ4n) is 3.05. The van der Waals surface area contributed by atoms with Crippen LogP contribution in [0.3, 0.4) is 0 Å². The molecular weight excluding hydrogens is 272 g/mol. The predicted molar refractivity (Wildman–Crippen MR) is 82.7 cm³/mol. The van der Waals surface area contributed by atoms with E-state index in [-0.39, 0.29) is 0 Å². The summed E-state index contributed by atoms with van der Waals surface area (Å²) < 4.78 is 2.01. The summed E-state index contributed by atoms with van der Waals surface area (Å²) in [5, 5.41) is 7.85. The molecule has 20 heavy (non-hydrogen) atoms. The monoisotopic (exact) mass is 298 g/mol. The zero-order chi connectivity index (χ0) is 14.4. The summed E-state index contributed by atoms with van der Waals surface area (Å²) in [7, 11) is 0. The molecule has 2 rings (SSSR count). The molecule has 0 aliphatic heterocycles. The highest BCUT2D eigenvalue weighted by molar-refractivity contribution is 6.18. The number of nitrogens with one attached hydrogen (secondary N) is 1. The van der Waals surface area contributed by atoms with E-state index in [1.165, 1.54) is 25.7 Å². The lowest BCUT2D eigenvalue weighted by molar-refractivity contribution is 0.249. The van der Waals surface area contributed by atoms with Gasteiger partial charge in [0.15, 0.2) is 0 Å². The molecule has 1 saturated carbocycles. The predicted octanol–water partition coefficient (Wildman–Crippen LogP) is 3.07. The van der Waals surface area contributed by atoms with Gasteiger partial charge in [-0.2, -0.15) is 5.10 Å². The van der Waals surface area contributed by atoms with Crippen LogP contribution in [0.1, 0.15) is 45.4 Å². The maximum Gasteiger partial charge on any atom is 0.140 e. The van der Waals surface area contributed by atoms with Gasteiger partial charge >= 0.3 is 0 Å². The Morgan fingerprint density at radius 2 is 2.10 bits per heavy atom. The van der Waals surface area contributed by atoms with Crippen molar-refractivity contribution >= 4 is 11.6 Å². The van der Waals surface area contributed by atoms with E-state index in [0.717, 1.165) is 37.3 Å². The van der Waals surface area contributed by atoms with E-state index in [1.54, 1.807) is 6.33 Å². The molecule has 1 aliphatic rings. The van der Waals surface area contributed by atoms with E-state index < -0.39 is 0 Å². The van der Waals surface area contributed by atoms with Crippen LogP contribution in [0.2, 0.25) is 0 Å². The third kappa shape index (κ3) is 4.45. The van der Waals surface area contributed by atoms with Gasteiger partial charge < -0.3 is 5.32 Å². The van der Waals surface area contributed by atoms with Gasteiger partial charge in [-0.25, -0.2) is 9.67 Å². The van der Waals surface area contributed by atoms with Gasteiger partial charge in [-0.3, -0.25) is 0 Å². The third-order valence-electron chi connectivity index (χ3n) is 4.19. The number of hydrogen-bond acceptors (Lipinski definition) is 3. The molecule has 114 valence electrons. The molecular formula is C15H27ClN4. The molecule has 0 aromatic carbocycles. The molecule has 2 atom stereocenters. The second kappa shape index (κ2) is 7.99. The Bertz CT molecular complexity index is 391. The Balaban J connectivity index is 1.79. The molecule has 5 heteroatoms. The van der Waals surface area contributed by atoms with Crippen LogP contribution in [0.4, 0.5) is 0 Å². The Labute approximate surface area is 127 Å². The smallest absolute Gasteiger partial charge is 0.140 e. The fraction of sp³-hybridized carbons (Fsp3) is 0.867. The molecule has 1 N–H and O–H groups in total. The van der Waals surface area contributed by atoms with Crippen molar-refractivity contribution in [3.63, 3.8) is 0 Å². The highest BCUT2D eigenvalue weighted by atomic mass is 35.5. The first kappa shape index (κ1) is 15.8. The summed E-state index contributed by atoms with van der Waals surface area (Å²) in [6.45, 7) is 7.19. The van der Waals surface area contributed by atoms with Crippen LogP contribution in [-0.4, -0.2) is 27.2 Å². The molecule has 1 fully saturated rings.